The molecule has 0 aliphatic carbocycles. The van der Waals surface area contributed by atoms with Gasteiger partial charge in [-0.15, -0.1) is 0 Å². The molecule has 1 saturated heterocycles. The summed E-state index contributed by atoms with van der Waals surface area (Å²) in [4.78, 5) is 2.30. The van der Waals surface area contributed by atoms with Crippen molar-refractivity contribution >= 4 is 0 Å². The molecule has 0 saturated carbocycles. The van der Waals surface area contributed by atoms with E-state index in [-0.39, 0.29) is 0 Å². The molecule has 1 heterocycles. The minimum absolute atomic E-state index is 0.365. The van der Waals surface area contributed by atoms with E-state index in [2.05, 4.69) is 32.7 Å². The fourth-order valence-electron chi connectivity index (χ4n) is 1.27. The Labute approximate surface area is 63.2 Å². The lowest BCUT2D eigenvalue weighted by molar-refractivity contribution is 0.0130. The van der Waals surface area contributed by atoms with Crippen molar-refractivity contribution in [3.63, 3.8) is 0 Å². The van der Waals surface area contributed by atoms with Gasteiger partial charge < -0.3 is 4.74 Å². The van der Waals surface area contributed by atoms with Crippen molar-refractivity contribution in [1.29, 1.82) is 0 Å². The van der Waals surface area contributed by atoms with Crippen LogP contribution in [0.5, 0.6) is 0 Å². The molecule has 0 bridgehead atoms. The second kappa shape index (κ2) is 2.89. The quantitative estimate of drug-likeness (QED) is 0.549. The first kappa shape index (κ1) is 8.02. The number of ether oxygens (including phenoxy) is 1. The first-order valence-electron chi connectivity index (χ1n) is 3.97. The third kappa shape index (κ3) is 1.96. The molecule has 1 unspecified atom stereocenters. The summed E-state index contributed by atoms with van der Waals surface area (Å²) >= 11 is 0. The Morgan fingerprint density at radius 3 is 2.20 bits per heavy atom. The van der Waals surface area contributed by atoms with Crippen LogP contribution in [0.25, 0.3) is 0 Å². The van der Waals surface area contributed by atoms with E-state index in [9.17, 15) is 0 Å². The van der Waals surface area contributed by atoms with E-state index >= 15 is 0 Å². The average molecular weight is 143 g/mol. The van der Waals surface area contributed by atoms with E-state index < -0.39 is 0 Å². The monoisotopic (exact) mass is 143 g/mol. The van der Waals surface area contributed by atoms with Crippen LogP contribution in [-0.4, -0.2) is 36.7 Å². The van der Waals surface area contributed by atoms with Gasteiger partial charge in [-0.25, -0.2) is 0 Å². The lowest BCUT2D eigenvalue weighted by Gasteiger charge is -2.14. The van der Waals surface area contributed by atoms with Crippen LogP contribution in [-0.2, 0) is 4.74 Å². The average Bonchev–Trinajstić information content (AvgIpc) is 2.44. The van der Waals surface area contributed by atoms with Crippen molar-refractivity contribution in [2.45, 2.75) is 39.0 Å². The summed E-state index contributed by atoms with van der Waals surface area (Å²) in [5.74, 6) is 0. The summed E-state index contributed by atoms with van der Waals surface area (Å²) in [6.07, 6.45) is 0.772. The molecule has 1 fully saturated rings. The van der Waals surface area contributed by atoms with Crippen LogP contribution in [0.15, 0.2) is 0 Å². The zero-order chi connectivity index (χ0) is 7.72. The molecule has 10 heavy (non-hydrogen) atoms. The van der Waals surface area contributed by atoms with Gasteiger partial charge >= 0.3 is 0 Å². The van der Waals surface area contributed by atoms with Gasteiger partial charge in [0, 0.05) is 12.6 Å². The highest BCUT2D eigenvalue weighted by molar-refractivity contribution is 4.91. The first-order valence-corrected chi connectivity index (χ1v) is 3.97. The van der Waals surface area contributed by atoms with Gasteiger partial charge in [-0.3, -0.25) is 4.90 Å². The van der Waals surface area contributed by atoms with Crippen LogP contribution in [0.1, 0.15) is 20.8 Å². The van der Waals surface area contributed by atoms with Gasteiger partial charge in [0.05, 0.1) is 12.2 Å². The topological polar surface area (TPSA) is 12.2 Å². The van der Waals surface area contributed by atoms with Crippen LogP contribution < -0.4 is 0 Å². The SMILES string of the molecule is CC(C)O[C@@H](C)[C@@H]1CN1C. The first-order chi connectivity index (χ1) is 4.61. The zero-order valence-electron chi connectivity index (χ0n) is 7.29. The Morgan fingerprint density at radius 1 is 1.40 bits per heavy atom. The fraction of sp³-hybridized carbons (Fsp3) is 1.00. The molecule has 1 rings (SSSR count). The molecule has 0 aromatic rings. The predicted octanol–water partition coefficient (Wildman–Crippen LogP) is 1.11. The molecular weight excluding hydrogens is 126 g/mol. The van der Waals surface area contributed by atoms with Crippen LogP contribution in [0.4, 0.5) is 0 Å². The lowest BCUT2D eigenvalue weighted by Crippen LogP contribution is -2.21. The summed E-state index contributed by atoms with van der Waals surface area (Å²) in [6.45, 7) is 7.51. The highest BCUT2D eigenvalue weighted by Gasteiger charge is 2.35. The Balaban J connectivity index is 2.16. The van der Waals surface area contributed by atoms with E-state index in [4.69, 9.17) is 4.74 Å². The highest BCUT2D eigenvalue weighted by Crippen LogP contribution is 2.20. The Kier molecular flexibility index (Phi) is 2.32. The molecule has 2 heteroatoms. The third-order valence-corrected chi connectivity index (χ3v) is 1.94. The number of hydrogen-bond acceptors (Lipinski definition) is 2. The molecule has 0 radical (unpaired) electrons. The van der Waals surface area contributed by atoms with E-state index in [1.165, 1.54) is 6.54 Å². The zero-order valence-corrected chi connectivity index (χ0v) is 7.29. The fourth-order valence-corrected chi connectivity index (χ4v) is 1.27. The summed E-state index contributed by atoms with van der Waals surface area (Å²) in [5, 5.41) is 0. The molecular formula is C8H17NO. The largest absolute Gasteiger partial charge is 0.374 e. The molecule has 0 aromatic carbocycles. The van der Waals surface area contributed by atoms with E-state index in [0.29, 0.717) is 18.2 Å². The third-order valence-electron chi connectivity index (χ3n) is 1.94. The Hall–Kier alpha value is -0.0800. The van der Waals surface area contributed by atoms with Crippen molar-refractivity contribution in [3.8, 4) is 0 Å². The molecule has 0 amide bonds. The number of rotatable bonds is 3. The predicted molar refractivity (Wildman–Crippen MR) is 42.1 cm³/mol. The standard InChI is InChI=1S/C8H17NO/c1-6(2)10-7(3)8-5-9(8)4/h6-8H,5H2,1-4H3/t7-,8-,9?/m0/s1. The maximum Gasteiger partial charge on any atom is 0.0717 e. The molecule has 1 aliphatic rings. The summed E-state index contributed by atoms with van der Waals surface area (Å²) < 4.78 is 5.60. The lowest BCUT2D eigenvalue weighted by atomic mass is 10.3. The van der Waals surface area contributed by atoms with Crippen LogP contribution >= 0.6 is 0 Å². The molecule has 1 aliphatic heterocycles. The van der Waals surface area contributed by atoms with Crippen LogP contribution in [0.2, 0.25) is 0 Å². The molecule has 2 nitrogen and oxygen atoms in total. The maximum absolute atomic E-state index is 5.60. The van der Waals surface area contributed by atoms with Crippen LogP contribution in [0, 0.1) is 0 Å². The number of hydrogen-bond donors (Lipinski definition) is 0. The van der Waals surface area contributed by atoms with Crippen molar-refractivity contribution in [2.24, 2.45) is 0 Å². The van der Waals surface area contributed by atoms with Gasteiger partial charge in [0.25, 0.3) is 0 Å². The summed E-state index contributed by atoms with van der Waals surface area (Å²) in [7, 11) is 2.13. The normalized spacial score (nSPS) is 34.5. The Bertz CT molecular complexity index is 114. The van der Waals surface area contributed by atoms with E-state index in [0.717, 1.165) is 0 Å². The minimum atomic E-state index is 0.365. The van der Waals surface area contributed by atoms with Crippen molar-refractivity contribution in [2.75, 3.05) is 13.6 Å². The van der Waals surface area contributed by atoms with Gasteiger partial charge in [0.15, 0.2) is 0 Å². The maximum atomic E-state index is 5.60. The van der Waals surface area contributed by atoms with Crippen molar-refractivity contribution in [3.05, 3.63) is 0 Å². The van der Waals surface area contributed by atoms with E-state index in [1.807, 2.05) is 0 Å². The molecule has 60 valence electrons. The molecule has 0 aromatic heterocycles. The summed E-state index contributed by atoms with van der Waals surface area (Å²) in [5.41, 5.74) is 0. The van der Waals surface area contributed by atoms with Crippen molar-refractivity contribution in [1.82, 2.24) is 4.90 Å². The molecule has 0 spiro atoms. The summed E-state index contributed by atoms with van der Waals surface area (Å²) in [6, 6.07) is 0.683. The second-order valence-electron chi connectivity index (χ2n) is 3.40. The Morgan fingerprint density at radius 2 is 1.90 bits per heavy atom. The van der Waals surface area contributed by atoms with E-state index in [1.54, 1.807) is 0 Å². The molecule has 3 atom stereocenters. The van der Waals surface area contributed by atoms with Gasteiger partial charge in [-0.05, 0) is 27.8 Å². The minimum Gasteiger partial charge on any atom is -0.374 e. The number of nitrogens with zero attached hydrogens (tertiary/aromatic N) is 1. The van der Waals surface area contributed by atoms with Crippen LogP contribution in [0.3, 0.4) is 0 Å². The van der Waals surface area contributed by atoms with Gasteiger partial charge in [0.1, 0.15) is 0 Å². The number of likely N-dealkylation sites (N-methyl/N-ethyl adjacent to an activating group) is 1. The molecule has 0 N–H and O–H groups in total. The van der Waals surface area contributed by atoms with Gasteiger partial charge in [-0.2, -0.15) is 0 Å². The highest BCUT2D eigenvalue weighted by atomic mass is 16.5. The smallest absolute Gasteiger partial charge is 0.0717 e. The van der Waals surface area contributed by atoms with Crippen molar-refractivity contribution < 1.29 is 4.74 Å². The second-order valence-corrected chi connectivity index (χ2v) is 3.40. The van der Waals surface area contributed by atoms with Gasteiger partial charge in [0.2, 0.25) is 0 Å². The van der Waals surface area contributed by atoms with Gasteiger partial charge in [-0.1, -0.05) is 0 Å².